The summed E-state index contributed by atoms with van der Waals surface area (Å²) in [7, 11) is 0. The highest BCUT2D eigenvalue weighted by atomic mass is 16.5. The van der Waals surface area contributed by atoms with Gasteiger partial charge in [0.1, 0.15) is 23.4 Å². The van der Waals surface area contributed by atoms with Crippen LogP contribution in [-0.4, -0.2) is 28.4 Å². The quantitative estimate of drug-likeness (QED) is 0.434. The first-order chi connectivity index (χ1) is 15.4. The summed E-state index contributed by atoms with van der Waals surface area (Å²) >= 11 is 0. The molecule has 1 heterocycles. The second kappa shape index (κ2) is 13.2. The third-order valence-corrected chi connectivity index (χ3v) is 4.64. The summed E-state index contributed by atoms with van der Waals surface area (Å²) in [6, 6.07) is 17.3. The Bertz CT molecular complexity index is 989. The molecule has 3 aromatic rings. The molecule has 32 heavy (non-hydrogen) atoms. The molecule has 0 aliphatic carbocycles. The zero-order valence-corrected chi connectivity index (χ0v) is 19.8. The molecule has 0 saturated heterocycles. The highest BCUT2D eigenvalue weighted by Crippen LogP contribution is 2.27. The minimum atomic E-state index is 0.608. The van der Waals surface area contributed by atoms with Gasteiger partial charge in [0.2, 0.25) is 0 Å². The van der Waals surface area contributed by atoms with Crippen molar-refractivity contribution in [3.05, 3.63) is 59.9 Å². The SMILES string of the molecule is CC(C)CCOc1ccccc1C#N.Cc1nc(-c2ccccc2OCCC(C)C)n[nH]1. The van der Waals surface area contributed by atoms with Crippen molar-refractivity contribution in [2.45, 2.75) is 47.5 Å². The molecule has 0 atom stereocenters. The van der Waals surface area contributed by atoms with Gasteiger partial charge in [0.15, 0.2) is 5.82 Å². The van der Waals surface area contributed by atoms with E-state index in [2.05, 4.69) is 48.9 Å². The van der Waals surface area contributed by atoms with Crippen LogP contribution in [0.4, 0.5) is 0 Å². The van der Waals surface area contributed by atoms with Gasteiger partial charge < -0.3 is 9.47 Å². The number of H-pyrrole nitrogens is 1. The summed E-state index contributed by atoms with van der Waals surface area (Å²) in [5.41, 5.74) is 1.54. The maximum absolute atomic E-state index is 8.80. The van der Waals surface area contributed by atoms with Gasteiger partial charge in [0.25, 0.3) is 0 Å². The van der Waals surface area contributed by atoms with Crippen molar-refractivity contribution in [1.82, 2.24) is 15.2 Å². The second-order valence-corrected chi connectivity index (χ2v) is 8.41. The molecule has 0 amide bonds. The third kappa shape index (κ3) is 8.43. The molecule has 0 aliphatic heterocycles. The van der Waals surface area contributed by atoms with Gasteiger partial charge in [0.05, 0.1) is 24.3 Å². The van der Waals surface area contributed by atoms with Crippen LogP contribution in [-0.2, 0) is 0 Å². The molecule has 6 nitrogen and oxygen atoms in total. The highest BCUT2D eigenvalue weighted by Gasteiger charge is 2.10. The highest BCUT2D eigenvalue weighted by molar-refractivity contribution is 5.63. The van der Waals surface area contributed by atoms with E-state index in [0.29, 0.717) is 35.6 Å². The zero-order chi connectivity index (χ0) is 23.3. The number of hydrogen-bond donors (Lipinski definition) is 1. The van der Waals surface area contributed by atoms with Gasteiger partial charge >= 0.3 is 0 Å². The Labute approximate surface area is 191 Å². The Balaban J connectivity index is 0.000000235. The molecule has 170 valence electrons. The fraction of sp³-hybridized carbons (Fsp3) is 0.423. The van der Waals surface area contributed by atoms with Gasteiger partial charge in [-0.1, -0.05) is 52.0 Å². The van der Waals surface area contributed by atoms with E-state index in [9.17, 15) is 0 Å². The van der Waals surface area contributed by atoms with Gasteiger partial charge in [-0.3, -0.25) is 5.10 Å². The number of nitriles is 1. The number of aromatic nitrogens is 3. The average molecular weight is 435 g/mol. The van der Waals surface area contributed by atoms with Crippen molar-refractivity contribution in [3.8, 4) is 29.0 Å². The fourth-order valence-corrected chi connectivity index (χ4v) is 2.73. The topological polar surface area (TPSA) is 83.8 Å². The molecule has 0 radical (unpaired) electrons. The maximum atomic E-state index is 8.80. The maximum Gasteiger partial charge on any atom is 0.184 e. The Morgan fingerprint density at radius 2 is 1.44 bits per heavy atom. The number of nitrogens with one attached hydrogen (secondary N) is 1. The molecule has 0 unspecified atom stereocenters. The number of aromatic amines is 1. The smallest absolute Gasteiger partial charge is 0.184 e. The molecular weight excluding hydrogens is 400 g/mol. The summed E-state index contributed by atoms with van der Waals surface area (Å²) in [5, 5.41) is 15.8. The molecule has 0 spiro atoms. The van der Waals surface area contributed by atoms with Crippen molar-refractivity contribution in [3.63, 3.8) is 0 Å². The molecule has 2 aromatic carbocycles. The van der Waals surface area contributed by atoms with E-state index in [1.165, 1.54) is 0 Å². The largest absolute Gasteiger partial charge is 0.493 e. The zero-order valence-electron chi connectivity index (χ0n) is 19.8. The predicted octanol–water partition coefficient (Wildman–Crippen LogP) is 6.19. The number of para-hydroxylation sites is 2. The van der Waals surface area contributed by atoms with Crippen molar-refractivity contribution < 1.29 is 9.47 Å². The lowest BCUT2D eigenvalue weighted by atomic mass is 10.1. The minimum absolute atomic E-state index is 0.608. The van der Waals surface area contributed by atoms with Crippen LogP contribution in [0.3, 0.4) is 0 Å². The van der Waals surface area contributed by atoms with Gasteiger partial charge in [0, 0.05) is 0 Å². The van der Waals surface area contributed by atoms with Crippen LogP contribution in [0.25, 0.3) is 11.4 Å². The lowest BCUT2D eigenvalue weighted by molar-refractivity contribution is 0.289. The van der Waals surface area contributed by atoms with E-state index in [-0.39, 0.29) is 0 Å². The number of nitrogens with zero attached hydrogens (tertiary/aromatic N) is 3. The van der Waals surface area contributed by atoms with Crippen LogP contribution >= 0.6 is 0 Å². The molecule has 1 aromatic heterocycles. The van der Waals surface area contributed by atoms with Crippen molar-refractivity contribution in [2.24, 2.45) is 11.8 Å². The molecule has 0 fully saturated rings. The number of aryl methyl sites for hydroxylation is 1. The molecule has 1 N–H and O–H groups in total. The number of benzene rings is 2. The predicted molar refractivity (Wildman–Crippen MR) is 128 cm³/mol. The summed E-state index contributed by atoms with van der Waals surface area (Å²) in [4.78, 5) is 4.34. The first-order valence-electron chi connectivity index (χ1n) is 11.1. The van der Waals surface area contributed by atoms with Crippen molar-refractivity contribution in [1.29, 1.82) is 5.26 Å². The summed E-state index contributed by atoms with van der Waals surface area (Å²) in [6.07, 6.45) is 2.06. The van der Waals surface area contributed by atoms with E-state index in [4.69, 9.17) is 14.7 Å². The Kier molecular flexibility index (Phi) is 10.3. The number of ether oxygens (including phenoxy) is 2. The molecule has 0 saturated carbocycles. The van der Waals surface area contributed by atoms with Crippen LogP contribution in [0.2, 0.25) is 0 Å². The molecular formula is C26H34N4O2. The molecule has 0 aliphatic rings. The molecule has 3 rings (SSSR count). The number of rotatable bonds is 9. The van der Waals surface area contributed by atoms with E-state index in [1.807, 2.05) is 49.4 Å². The normalized spacial score (nSPS) is 10.4. The molecule has 6 heteroatoms. The van der Waals surface area contributed by atoms with Crippen LogP contribution in [0.1, 0.15) is 51.9 Å². The van der Waals surface area contributed by atoms with Crippen LogP contribution in [0.15, 0.2) is 48.5 Å². The first kappa shape index (κ1) is 24.9. The van der Waals surface area contributed by atoms with Crippen molar-refractivity contribution >= 4 is 0 Å². The van der Waals surface area contributed by atoms with E-state index in [0.717, 1.165) is 36.6 Å². The van der Waals surface area contributed by atoms with Gasteiger partial charge in [-0.05, 0) is 55.9 Å². The van der Waals surface area contributed by atoms with Crippen LogP contribution in [0.5, 0.6) is 11.5 Å². The van der Waals surface area contributed by atoms with E-state index < -0.39 is 0 Å². The Morgan fingerprint density at radius 3 is 2.00 bits per heavy atom. The summed E-state index contributed by atoms with van der Waals surface area (Å²) in [6.45, 7) is 12.0. The summed E-state index contributed by atoms with van der Waals surface area (Å²) < 4.78 is 11.3. The van der Waals surface area contributed by atoms with E-state index >= 15 is 0 Å². The average Bonchev–Trinajstić information content (AvgIpc) is 3.20. The molecule has 0 bridgehead atoms. The third-order valence-electron chi connectivity index (χ3n) is 4.64. The lowest BCUT2D eigenvalue weighted by Crippen LogP contribution is -2.02. The minimum Gasteiger partial charge on any atom is -0.493 e. The Morgan fingerprint density at radius 1 is 0.875 bits per heavy atom. The second-order valence-electron chi connectivity index (χ2n) is 8.41. The van der Waals surface area contributed by atoms with Gasteiger partial charge in [-0.15, -0.1) is 0 Å². The van der Waals surface area contributed by atoms with Crippen molar-refractivity contribution in [2.75, 3.05) is 13.2 Å². The summed E-state index contributed by atoms with van der Waals surface area (Å²) in [5.74, 6) is 4.30. The number of hydrogen-bond acceptors (Lipinski definition) is 5. The Hall–Kier alpha value is -3.33. The van der Waals surface area contributed by atoms with Gasteiger partial charge in [-0.25, -0.2) is 4.98 Å². The first-order valence-corrected chi connectivity index (χ1v) is 11.1. The van der Waals surface area contributed by atoms with Gasteiger partial charge in [-0.2, -0.15) is 10.4 Å². The monoisotopic (exact) mass is 434 g/mol. The standard InChI is InChI=1S/C14H19N3O.C12H15NO/c1-10(2)8-9-18-13-7-5-4-6-12(13)14-15-11(3)16-17-14;1-10(2)7-8-14-12-6-4-3-5-11(12)9-13/h4-7,10H,8-9H2,1-3H3,(H,15,16,17);3-6,10H,7-8H2,1-2H3. The van der Waals surface area contributed by atoms with E-state index in [1.54, 1.807) is 6.07 Å². The van der Waals surface area contributed by atoms with Crippen LogP contribution < -0.4 is 9.47 Å². The van der Waals surface area contributed by atoms with Crippen LogP contribution in [0, 0.1) is 30.1 Å². The fourth-order valence-electron chi connectivity index (χ4n) is 2.73. The lowest BCUT2D eigenvalue weighted by Gasteiger charge is -2.10.